The molecule has 0 aromatic heterocycles. The van der Waals surface area contributed by atoms with Crippen LogP contribution in [0.2, 0.25) is 0 Å². The number of rotatable bonds is 9. The van der Waals surface area contributed by atoms with Crippen molar-refractivity contribution in [2.45, 2.75) is 57.9 Å². The molecule has 0 rings (SSSR count). The topological polar surface area (TPSA) is 26.3 Å². The van der Waals surface area contributed by atoms with Crippen LogP contribution in [0.3, 0.4) is 0 Å². The molecule has 132 valence electrons. The lowest BCUT2D eigenvalue weighted by molar-refractivity contribution is -0.282. The molecule has 0 heterocycles. The van der Waals surface area contributed by atoms with Crippen LogP contribution >= 0.6 is 11.8 Å². The van der Waals surface area contributed by atoms with E-state index < -0.39 is 35.5 Å². The van der Waals surface area contributed by atoms with Gasteiger partial charge < -0.3 is 4.74 Å². The molecule has 22 heavy (non-hydrogen) atoms. The molecule has 0 N–H and O–H groups in total. The first-order valence-electron chi connectivity index (χ1n) is 7.09. The van der Waals surface area contributed by atoms with Crippen molar-refractivity contribution in [1.82, 2.24) is 0 Å². The van der Waals surface area contributed by atoms with Gasteiger partial charge in [0.1, 0.15) is 5.25 Å². The summed E-state index contributed by atoms with van der Waals surface area (Å²) in [6.45, 7) is 7.58. The SMILES string of the molecule is CC(C)COC(=O)C(CC(C)C)SCCC(F)(F)C(F)(F)F. The van der Waals surface area contributed by atoms with Crippen LogP contribution < -0.4 is 0 Å². The first-order chi connectivity index (χ1) is 9.86. The largest absolute Gasteiger partial charge is 0.465 e. The van der Waals surface area contributed by atoms with E-state index >= 15 is 0 Å². The zero-order valence-electron chi connectivity index (χ0n) is 13.2. The second-order valence-corrected chi connectivity index (χ2v) is 7.28. The second kappa shape index (κ2) is 8.93. The Kier molecular flexibility index (Phi) is 8.72. The summed E-state index contributed by atoms with van der Waals surface area (Å²) in [6, 6.07) is 0. The molecule has 0 aromatic carbocycles. The third-order valence-corrected chi connectivity index (χ3v) is 3.88. The summed E-state index contributed by atoms with van der Waals surface area (Å²) in [7, 11) is 0. The van der Waals surface area contributed by atoms with Gasteiger partial charge in [-0.2, -0.15) is 22.0 Å². The van der Waals surface area contributed by atoms with Gasteiger partial charge in [0.25, 0.3) is 0 Å². The number of carbonyl (C=O) groups excluding carboxylic acids is 1. The van der Waals surface area contributed by atoms with E-state index in [0.29, 0.717) is 6.42 Å². The maximum atomic E-state index is 12.8. The summed E-state index contributed by atoms with van der Waals surface area (Å²) in [6.07, 6.45) is -6.52. The minimum Gasteiger partial charge on any atom is -0.465 e. The lowest BCUT2D eigenvalue weighted by Crippen LogP contribution is -2.37. The molecule has 0 amide bonds. The predicted molar refractivity (Wildman–Crippen MR) is 77.1 cm³/mol. The van der Waals surface area contributed by atoms with Gasteiger partial charge >= 0.3 is 18.1 Å². The van der Waals surface area contributed by atoms with Gasteiger partial charge in [0.05, 0.1) is 6.61 Å². The van der Waals surface area contributed by atoms with Gasteiger partial charge in [0.2, 0.25) is 0 Å². The minimum atomic E-state index is -5.56. The molecule has 0 bridgehead atoms. The predicted octanol–water partition coefficient (Wildman–Crippen LogP) is 4.92. The van der Waals surface area contributed by atoms with Gasteiger partial charge in [-0.3, -0.25) is 4.79 Å². The zero-order chi connectivity index (χ0) is 17.6. The third kappa shape index (κ3) is 8.19. The Balaban J connectivity index is 4.51. The highest BCUT2D eigenvalue weighted by atomic mass is 32.2. The van der Waals surface area contributed by atoms with Gasteiger partial charge in [-0.15, -0.1) is 11.8 Å². The first-order valence-corrected chi connectivity index (χ1v) is 8.14. The number of esters is 1. The molecule has 0 aliphatic heterocycles. The average molecular weight is 350 g/mol. The maximum absolute atomic E-state index is 12.8. The molecule has 0 spiro atoms. The maximum Gasteiger partial charge on any atom is 0.453 e. The number of carbonyl (C=O) groups is 1. The highest BCUT2D eigenvalue weighted by Gasteiger charge is 2.56. The van der Waals surface area contributed by atoms with E-state index in [1.807, 2.05) is 27.7 Å². The van der Waals surface area contributed by atoms with Crippen molar-refractivity contribution in [1.29, 1.82) is 0 Å². The molecule has 1 atom stereocenters. The number of halogens is 5. The molecule has 0 aliphatic carbocycles. The molecule has 0 saturated carbocycles. The lowest BCUT2D eigenvalue weighted by atomic mass is 10.1. The Labute approximate surface area is 132 Å². The summed E-state index contributed by atoms with van der Waals surface area (Å²) in [4.78, 5) is 11.9. The van der Waals surface area contributed by atoms with E-state index in [4.69, 9.17) is 4.74 Å². The fourth-order valence-electron chi connectivity index (χ4n) is 1.47. The van der Waals surface area contributed by atoms with Crippen LogP contribution in [0, 0.1) is 11.8 Å². The summed E-state index contributed by atoms with van der Waals surface area (Å²) < 4.78 is 67.0. The van der Waals surface area contributed by atoms with Gasteiger partial charge in [0, 0.05) is 12.2 Å². The second-order valence-electron chi connectivity index (χ2n) is 5.97. The van der Waals surface area contributed by atoms with Crippen LogP contribution in [0.1, 0.15) is 40.5 Å². The smallest absolute Gasteiger partial charge is 0.453 e. The molecule has 0 aliphatic rings. The van der Waals surface area contributed by atoms with Crippen LogP contribution in [-0.2, 0) is 9.53 Å². The van der Waals surface area contributed by atoms with E-state index in [-0.39, 0.29) is 18.4 Å². The van der Waals surface area contributed by atoms with Crippen LogP contribution in [0.4, 0.5) is 22.0 Å². The summed E-state index contributed by atoms with van der Waals surface area (Å²) >= 11 is 0.798. The normalized spacial score (nSPS) is 14.5. The van der Waals surface area contributed by atoms with Gasteiger partial charge in [-0.1, -0.05) is 27.7 Å². The van der Waals surface area contributed by atoms with Crippen molar-refractivity contribution in [3.8, 4) is 0 Å². The van der Waals surface area contributed by atoms with Crippen LogP contribution in [0.25, 0.3) is 0 Å². The molecule has 0 fully saturated rings. The van der Waals surface area contributed by atoms with Gasteiger partial charge in [-0.05, 0) is 18.3 Å². The van der Waals surface area contributed by atoms with Crippen LogP contribution in [0.15, 0.2) is 0 Å². The van der Waals surface area contributed by atoms with Crippen molar-refractivity contribution in [2.75, 3.05) is 12.4 Å². The Bertz CT molecular complexity index is 343. The summed E-state index contributed by atoms with van der Waals surface area (Å²) in [5.74, 6) is -5.51. The van der Waals surface area contributed by atoms with Crippen molar-refractivity contribution >= 4 is 17.7 Å². The fourth-order valence-corrected chi connectivity index (χ4v) is 2.86. The van der Waals surface area contributed by atoms with Crippen molar-refractivity contribution in [2.24, 2.45) is 11.8 Å². The number of alkyl halides is 5. The van der Waals surface area contributed by atoms with Crippen LogP contribution in [0.5, 0.6) is 0 Å². The number of hydrogen-bond acceptors (Lipinski definition) is 3. The van der Waals surface area contributed by atoms with Crippen molar-refractivity contribution in [3.63, 3.8) is 0 Å². The molecule has 0 saturated heterocycles. The Morgan fingerprint density at radius 2 is 1.59 bits per heavy atom. The third-order valence-electron chi connectivity index (χ3n) is 2.66. The summed E-state index contributed by atoms with van der Waals surface area (Å²) in [5.41, 5.74) is 0. The molecular formula is C14H23F5O2S. The standard InChI is InChI=1S/C14H23F5O2S/c1-9(2)7-11(12(20)21-8-10(3)4)22-6-5-13(15,16)14(17,18)19/h9-11H,5-8H2,1-4H3. The van der Waals surface area contributed by atoms with E-state index in [0.717, 1.165) is 11.8 Å². The van der Waals surface area contributed by atoms with E-state index in [1.165, 1.54) is 0 Å². The Hall–Kier alpha value is -0.530. The first kappa shape index (κ1) is 21.5. The molecule has 1 unspecified atom stereocenters. The Morgan fingerprint density at radius 3 is 2.00 bits per heavy atom. The van der Waals surface area contributed by atoms with E-state index in [1.54, 1.807) is 0 Å². The number of thioether (sulfide) groups is 1. The van der Waals surface area contributed by atoms with Gasteiger partial charge in [-0.25, -0.2) is 0 Å². The molecule has 2 nitrogen and oxygen atoms in total. The Morgan fingerprint density at radius 1 is 1.05 bits per heavy atom. The highest BCUT2D eigenvalue weighted by Crippen LogP contribution is 2.39. The highest BCUT2D eigenvalue weighted by molar-refractivity contribution is 8.00. The molecule has 0 aromatic rings. The summed E-state index contributed by atoms with van der Waals surface area (Å²) in [5, 5.41) is -0.720. The quantitative estimate of drug-likeness (QED) is 0.436. The molecule has 8 heteroatoms. The molecular weight excluding hydrogens is 327 g/mol. The molecule has 0 radical (unpaired) electrons. The van der Waals surface area contributed by atoms with Gasteiger partial charge in [0.15, 0.2) is 0 Å². The number of hydrogen-bond donors (Lipinski definition) is 0. The average Bonchev–Trinajstić information content (AvgIpc) is 2.32. The zero-order valence-corrected chi connectivity index (χ0v) is 14.0. The number of ether oxygens (including phenoxy) is 1. The van der Waals surface area contributed by atoms with E-state index in [9.17, 15) is 26.7 Å². The van der Waals surface area contributed by atoms with Crippen molar-refractivity contribution in [3.05, 3.63) is 0 Å². The van der Waals surface area contributed by atoms with Crippen molar-refractivity contribution < 1.29 is 31.5 Å². The van der Waals surface area contributed by atoms with Crippen LogP contribution in [-0.4, -0.2) is 35.7 Å². The fraction of sp³-hybridized carbons (Fsp3) is 0.929. The monoisotopic (exact) mass is 350 g/mol. The van der Waals surface area contributed by atoms with E-state index in [2.05, 4.69) is 0 Å². The lowest BCUT2D eigenvalue weighted by Gasteiger charge is -2.21. The minimum absolute atomic E-state index is 0.104.